The van der Waals surface area contributed by atoms with Crippen LogP contribution in [0.3, 0.4) is 0 Å². The van der Waals surface area contributed by atoms with Crippen LogP contribution >= 0.6 is 0 Å². The van der Waals surface area contributed by atoms with Crippen LogP contribution in [0.2, 0.25) is 0 Å². The zero-order valence-electron chi connectivity index (χ0n) is 14.5. The number of imidazole rings is 1. The van der Waals surface area contributed by atoms with E-state index < -0.39 is 29.6 Å². The van der Waals surface area contributed by atoms with E-state index in [1.54, 1.807) is 6.20 Å². The van der Waals surface area contributed by atoms with Crippen LogP contribution in [-0.2, 0) is 14.3 Å². The molecule has 0 spiro atoms. The second kappa shape index (κ2) is 8.69. The molecular formula is C14H23N7O5. The van der Waals surface area contributed by atoms with Gasteiger partial charge >= 0.3 is 12.1 Å². The number of aromatic nitrogens is 2. The summed E-state index contributed by atoms with van der Waals surface area (Å²) in [6, 6.07) is -1.25. The number of ether oxygens (including phenoxy) is 1. The van der Waals surface area contributed by atoms with Crippen molar-refractivity contribution >= 4 is 23.9 Å². The van der Waals surface area contributed by atoms with Crippen molar-refractivity contribution in [1.29, 1.82) is 5.41 Å². The van der Waals surface area contributed by atoms with E-state index in [0.29, 0.717) is 0 Å². The predicted octanol–water partition coefficient (Wildman–Crippen LogP) is -1.06. The van der Waals surface area contributed by atoms with Crippen LogP contribution in [0.1, 0.15) is 26.7 Å². The minimum Gasteiger partial charge on any atom is -0.480 e. The molecule has 144 valence electrons. The number of amides is 2. The van der Waals surface area contributed by atoms with Crippen molar-refractivity contribution in [2.75, 3.05) is 11.6 Å². The summed E-state index contributed by atoms with van der Waals surface area (Å²) in [7, 11) is 0. The molecule has 0 bridgehead atoms. The lowest BCUT2D eigenvalue weighted by molar-refractivity contribution is -0.139. The average molecular weight is 369 g/mol. The fourth-order valence-corrected chi connectivity index (χ4v) is 1.91. The molecule has 12 heteroatoms. The van der Waals surface area contributed by atoms with Gasteiger partial charge in [-0.15, -0.1) is 0 Å². The fraction of sp³-hybridized carbons (Fsp3) is 0.500. The minimum absolute atomic E-state index is 0.0416. The summed E-state index contributed by atoms with van der Waals surface area (Å²) in [5, 5.41) is 20.3. The first-order valence-corrected chi connectivity index (χ1v) is 7.66. The highest BCUT2D eigenvalue weighted by atomic mass is 16.6. The molecule has 0 aliphatic heterocycles. The van der Waals surface area contributed by atoms with Crippen molar-refractivity contribution < 1.29 is 24.2 Å². The van der Waals surface area contributed by atoms with E-state index in [9.17, 15) is 19.5 Å². The van der Waals surface area contributed by atoms with Crippen molar-refractivity contribution in [1.82, 2.24) is 15.0 Å². The van der Waals surface area contributed by atoms with Gasteiger partial charge in [-0.1, -0.05) is 0 Å². The molecule has 2 amide bonds. The van der Waals surface area contributed by atoms with Crippen LogP contribution in [0.4, 0.5) is 4.79 Å². The van der Waals surface area contributed by atoms with Gasteiger partial charge in [0.05, 0.1) is 0 Å². The number of alkyl carbamates (subject to hydrolysis) is 1. The van der Waals surface area contributed by atoms with E-state index in [1.165, 1.54) is 36.1 Å². The zero-order chi connectivity index (χ0) is 19.9. The number of rotatable bonds is 9. The molecule has 0 saturated carbocycles. The first-order valence-electron chi connectivity index (χ1n) is 7.66. The van der Waals surface area contributed by atoms with Gasteiger partial charge in [-0.05, 0) is 26.7 Å². The Balaban J connectivity index is 2.60. The highest BCUT2D eigenvalue weighted by Crippen LogP contribution is 2.09. The van der Waals surface area contributed by atoms with Gasteiger partial charge < -0.3 is 26.6 Å². The molecule has 0 radical (unpaired) electrons. The van der Waals surface area contributed by atoms with E-state index in [1.807, 2.05) is 0 Å². The molecule has 0 aliphatic carbocycles. The van der Waals surface area contributed by atoms with E-state index in [4.69, 9.17) is 21.6 Å². The van der Waals surface area contributed by atoms with Gasteiger partial charge in [0.2, 0.25) is 5.96 Å². The average Bonchev–Trinajstić information content (AvgIpc) is 3.02. The third kappa shape index (κ3) is 5.96. The molecule has 0 saturated heterocycles. The number of carboxylic acids is 1. The molecule has 12 nitrogen and oxygen atoms in total. The number of aliphatic carboxylic acids is 1. The molecule has 1 rings (SSSR count). The molecule has 1 heterocycles. The zero-order valence-corrected chi connectivity index (χ0v) is 14.5. The van der Waals surface area contributed by atoms with Crippen LogP contribution in [0.15, 0.2) is 18.7 Å². The monoisotopic (exact) mass is 369 g/mol. The second-order valence-electron chi connectivity index (χ2n) is 5.89. The van der Waals surface area contributed by atoms with Crippen LogP contribution in [0.25, 0.3) is 0 Å². The van der Waals surface area contributed by atoms with Crippen LogP contribution in [-0.4, -0.2) is 56.9 Å². The molecule has 0 aliphatic rings. The lowest BCUT2D eigenvalue weighted by Gasteiger charge is -2.25. The Morgan fingerprint density at radius 2 is 2.08 bits per heavy atom. The minimum atomic E-state index is -1.57. The molecule has 0 unspecified atom stereocenters. The van der Waals surface area contributed by atoms with E-state index in [2.05, 4.69) is 10.3 Å². The second-order valence-corrected chi connectivity index (χ2v) is 5.89. The van der Waals surface area contributed by atoms with Gasteiger partial charge in [-0.2, -0.15) is 0 Å². The Kier molecular flexibility index (Phi) is 6.93. The van der Waals surface area contributed by atoms with Crippen molar-refractivity contribution in [3.8, 4) is 0 Å². The van der Waals surface area contributed by atoms with E-state index >= 15 is 0 Å². The Morgan fingerprint density at radius 1 is 1.42 bits per heavy atom. The number of nitrogens with one attached hydrogen (secondary N) is 2. The van der Waals surface area contributed by atoms with Gasteiger partial charge in [0, 0.05) is 18.9 Å². The van der Waals surface area contributed by atoms with Crippen molar-refractivity contribution in [2.24, 2.45) is 11.5 Å². The summed E-state index contributed by atoms with van der Waals surface area (Å²) in [5.74, 6) is -2.38. The first-order chi connectivity index (χ1) is 12.0. The molecule has 0 aromatic carbocycles. The Labute approximate surface area is 149 Å². The van der Waals surface area contributed by atoms with Crippen LogP contribution in [0.5, 0.6) is 0 Å². The van der Waals surface area contributed by atoms with Crippen LogP contribution < -0.4 is 21.8 Å². The summed E-state index contributed by atoms with van der Waals surface area (Å²) >= 11 is 0. The molecular weight excluding hydrogens is 346 g/mol. The lowest BCUT2D eigenvalue weighted by atomic mass is 10.1. The van der Waals surface area contributed by atoms with Gasteiger partial charge in [0.15, 0.2) is 5.60 Å². The summed E-state index contributed by atoms with van der Waals surface area (Å²) in [6.07, 6.45) is 3.79. The summed E-state index contributed by atoms with van der Waals surface area (Å²) in [5.41, 5.74) is 9.02. The molecule has 0 fully saturated rings. The number of guanidine groups is 1. The highest BCUT2D eigenvalue weighted by molar-refractivity contribution is 5.86. The van der Waals surface area contributed by atoms with Gasteiger partial charge in [0.1, 0.15) is 12.4 Å². The first kappa shape index (κ1) is 20.7. The number of nitrogens with two attached hydrogens (primary N) is 2. The third-order valence-corrected chi connectivity index (χ3v) is 3.44. The van der Waals surface area contributed by atoms with Crippen molar-refractivity contribution in [2.45, 2.75) is 38.3 Å². The predicted molar refractivity (Wildman–Crippen MR) is 90.8 cm³/mol. The molecule has 26 heavy (non-hydrogen) atoms. The number of hydrogen-bond donors (Lipinski definition) is 5. The molecule has 1 atom stereocenters. The largest absolute Gasteiger partial charge is 0.480 e. The number of primary amides is 1. The summed E-state index contributed by atoms with van der Waals surface area (Å²) in [6.45, 7) is 2.81. The molecule has 1 aromatic rings. The maximum atomic E-state index is 11.8. The lowest BCUT2D eigenvalue weighted by Crippen LogP contribution is -2.49. The number of hydrogen-bond acceptors (Lipinski definition) is 6. The highest BCUT2D eigenvalue weighted by Gasteiger charge is 2.31. The molecule has 1 aromatic heterocycles. The quantitative estimate of drug-likeness (QED) is 0.269. The van der Waals surface area contributed by atoms with Gasteiger partial charge in [0.25, 0.3) is 5.91 Å². The summed E-state index contributed by atoms with van der Waals surface area (Å²) < 4.78 is 6.32. The third-order valence-electron chi connectivity index (χ3n) is 3.44. The van der Waals surface area contributed by atoms with E-state index in [-0.39, 0.29) is 25.3 Å². The Morgan fingerprint density at radius 3 is 2.54 bits per heavy atom. The number of nitrogens with zero attached hydrogens (tertiary/aromatic N) is 3. The normalized spacial score (nSPS) is 12.1. The van der Waals surface area contributed by atoms with Crippen molar-refractivity contribution in [3.05, 3.63) is 18.7 Å². The standard InChI is InChI=1S/C14H23N7O5/c1-14(2,11(15)24)26-13(25)19-9(10(22)23)4-3-6-21(12(16)17)20-7-5-18-8-20/h5,7-9H,3-4,6H2,1-2H3,(H2,15,24)(H3,16,17)(H,19,25)(H,22,23)/t9-/m0/s1. The summed E-state index contributed by atoms with van der Waals surface area (Å²) in [4.78, 5) is 38.1. The van der Waals surface area contributed by atoms with Gasteiger partial charge in [-0.25, -0.2) is 24.3 Å². The van der Waals surface area contributed by atoms with E-state index in [0.717, 1.165) is 0 Å². The number of carbonyl (C=O) groups excluding carboxylic acids is 2. The molecule has 7 N–H and O–H groups in total. The van der Waals surface area contributed by atoms with Gasteiger partial charge in [-0.3, -0.25) is 10.2 Å². The SMILES string of the molecule is CC(C)(OC(=O)N[C@@H](CCCN(C(=N)N)n1ccnc1)C(=O)O)C(N)=O. The maximum Gasteiger partial charge on any atom is 0.408 e. The Hall–Kier alpha value is -3.31. The van der Waals surface area contributed by atoms with Crippen molar-refractivity contribution in [3.63, 3.8) is 0 Å². The number of carbonyl (C=O) groups is 3. The maximum absolute atomic E-state index is 11.8. The smallest absolute Gasteiger partial charge is 0.408 e. The Bertz CT molecular complexity index is 659. The number of carboxylic acid groups (broad SMARTS) is 1. The van der Waals surface area contributed by atoms with Crippen LogP contribution in [0, 0.1) is 5.41 Å². The fourth-order valence-electron chi connectivity index (χ4n) is 1.91. The topological polar surface area (TPSA) is 190 Å².